The fourth-order valence-electron chi connectivity index (χ4n) is 4.46. The van der Waals surface area contributed by atoms with Crippen LogP contribution in [0, 0.1) is 5.82 Å². The van der Waals surface area contributed by atoms with E-state index in [9.17, 15) is 35.0 Å². The number of aliphatic hydroxyl groups excluding tert-OH is 6. The van der Waals surface area contributed by atoms with E-state index in [0.29, 0.717) is 12.0 Å². The van der Waals surface area contributed by atoms with Crippen LogP contribution in [0.4, 0.5) is 4.39 Å². The Balaban J connectivity index is 1.85. The van der Waals surface area contributed by atoms with Gasteiger partial charge in [-0.1, -0.05) is 25.5 Å². The molecule has 6 unspecified atom stereocenters. The van der Waals surface area contributed by atoms with Crippen LogP contribution in [0.15, 0.2) is 24.3 Å². The summed E-state index contributed by atoms with van der Waals surface area (Å²) in [7, 11) is 0. The van der Waals surface area contributed by atoms with Gasteiger partial charge < -0.3 is 54.9 Å². The summed E-state index contributed by atoms with van der Waals surface area (Å²) in [6, 6.07) is 4.61. The largest absolute Gasteiger partial charge is 0.394 e. The van der Waals surface area contributed by atoms with E-state index in [1.54, 1.807) is 12.1 Å². The van der Waals surface area contributed by atoms with E-state index in [2.05, 4.69) is 5.32 Å². The van der Waals surface area contributed by atoms with Crippen molar-refractivity contribution in [3.63, 3.8) is 0 Å². The van der Waals surface area contributed by atoms with E-state index in [1.165, 1.54) is 19.1 Å². The standard InChI is InChI=1S/C24H38FNO10/c1-3-4-9-33-22-21(32)19(30)16(12-28)35-24(22,2)36-23-17(20(31)18(29)15(11-27)34-23)26-10-13-5-7-14(25)8-6-13/h5-8,15-23,26-32H,3-4,9-12H2,1-2H3/t15?,16?,17?,18-,19-,20?,21?,22?,23-,24-/m1/s1. The topological polar surface area (TPSA) is 170 Å². The second-order valence-corrected chi connectivity index (χ2v) is 9.34. The maximum Gasteiger partial charge on any atom is 0.197 e. The van der Waals surface area contributed by atoms with Crippen LogP contribution in [-0.2, 0) is 25.5 Å². The summed E-state index contributed by atoms with van der Waals surface area (Å²) < 4.78 is 36.8. The molecule has 0 saturated carbocycles. The molecule has 36 heavy (non-hydrogen) atoms. The molecule has 1 aromatic carbocycles. The number of benzene rings is 1. The van der Waals surface area contributed by atoms with Crippen molar-refractivity contribution in [3.05, 3.63) is 35.6 Å². The number of hydrogen-bond acceptors (Lipinski definition) is 11. The number of ether oxygens (including phenoxy) is 4. The average Bonchev–Trinajstić information content (AvgIpc) is 2.86. The quantitative estimate of drug-likeness (QED) is 0.174. The van der Waals surface area contributed by atoms with Crippen LogP contribution in [0.3, 0.4) is 0 Å². The lowest BCUT2D eigenvalue weighted by Gasteiger charge is -2.51. The van der Waals surface area contributed by atoms with E-state index in [0.717, 1.165) is 6.42 Å². The summed E-state index contributed by atoms with van der Waals surface area (Å²) in [4.78, 5) is 0. The van der Waals surface area contributed by atoms with Gasteiger partial charge in [-0.3, -0.25) is 0 Å². The van der Waals surface area contributed by atoms with Gasteiger partial charge >= 0.3 is 0 Å². The molecule has 2 aliphatic heterocycles. The molecule has 2 saturated heterocycles. The molecule has 0 radical (unpaired) electrons. The Hall–Kier alpha value is -1.29. The van der Waals surface area contributed by atoms with Gasteiger partial charge in [0.25, 0.3) is 0 Å². The molecule has 11 nitrogen and oxygen atoms in total. The van der Waals surface area contributed by atoms with Crippen molar-refractivity contribution >= 4 is 0 Å². The van der Waals surface area contributed by atoms with Crippen LogP contribution < -0.4 is 5.32 Å². The van der Waals surface area contributed by atoms with E-state index < -0.39 is 79.9 Å². The second-order valence-electron chi connectivity index (χ2n) is 9.34. The number of unbranched alkanes of at least 4 members (excludes halogenated alkanes) is 1. The molecule has 206 valence electrons. The fourth-order valence-corrected chi connectivity index (χ4v) is 4.46. The molecule has 7 N–H and O–H groups in total. The van der Waals surface area contributed by atoms with Gasteiger partial charge in [0.1, 0.15) is 48.5 Å². The first-order valence-corrected chi connectivity index (χ1v) is 12.2. The van der Waals surface area contributed by atoms with Crippen molar-refractivity contribution in [1.82, 2.24) is 5.32 Å². The van der Waals surface area contributed by atoms with E-state index >= 15 is 0 Å². The summed E-state index contributed by atoms with van der Waals surface area (Å²) >= 11 is 0. The number of rotatable bonds is 11. The van der Waals surface area contributed by atoms with E-state index in [-0.39, 0.29) is 13.2 Å². The van der Waals surface area contributed by atoms with Crippen LogP contribution in [0.25, 0.3) is 0 Å². The highest BCUT2D eigenvalue weighted by Crippen LogP contribution is 2.36. The molecule has 1 aromatic rings. The molecule has 3 rings (SSSR count). The Bertz CT molecular complexity index is 804. The van der Waals surface area contributed by atoms with Crippen molar-refractivity contribution in [2.24, 2.45) is 0 Å². The Morgan fingerprint density at radius 3 is 2.22 bits per heavy atom. The highest BCUT2D eigenvalue weighted by molar-refractivity contribution is 5.16. The van der Waals surface area contributed by atoms with Gasteiger partial charge in [0.2, 0.25) is 0 Å². The summed E-state index contributed by atoms with van der Waals surface area (Å²) in [5.41, 5.74) is 0.681. The third kappa shape index (κ3) is 6.58. The average molecular weight is 520 g/mol. The Labute approximate surface area is 209 Å². The number of halogens is 1. The van der Waals surface area contributed by atoms with Crippen molar-refractivity contribution < 1.29 is 54.0 Å². The second kappa shape index (κ2) is 13.0. The number of aliphatic hydroxyl groups is 6. The zero-order valence-corrected chi connectivity index (χ0v) is 20.4. The van der Waals surface area contributed by atoms with Crippen molar-refractivity contribution in [2.75, 3.05) is 19.8 Å². The summed E-state index contributed by atoms with van der Waals surface area (Å²) in [6.45, 7) is 2.56. The van der Waals surface area contributed by atoms with Gasteiger partial charge in [-0.2, -0.15) is 0 Å². The predicted molar refractivity (Wildman–Crippen MR) is 123 cm³/mol. The molecule has 0 aromatic heterocycles. The first kappa shape index (κ1) is 29.3. The lowest BCUT2D eigenvalue weighted by atomic mass is 9.92. The van der Waals surface area contributed by atoms with Gasteiger partial charge in [0, 0.05) is 13.2 Å². The first-order valence-electron chi connectivity index (χ1n) is 12.2. The molecule has 0 spiro atoms. The monoisotopic (exact) mass is 519 g/mol. The van der Waals surface area contributed by atoms with Crippen LogP contribution >= 0.6 is 0 Å². The van der Waals surface area contributed by atoms with Gasteiger partial charge in [-0.25, -0.2) is 4.39 Å². The third-order valence-corrected chi connectivity index (χ3v) is 6.60. The van der Waals surface area contributed by atoms with Crippen LogP contribution in [0.5, 0.6) is 0 Å². The lowest BCUT2D eigenvalue weighted by molar-refractivity contribution is -0.412. The van der Waals surface area contributed by atoms with Gasteiger partial charge in [-0.05, 0) is 31.0 Å². The summed E-state index contributed by atoms with van der Waals surface area (Å²) in [5.74, 6) is -2.17. The van der Waals surface area contributed by atoms with E-state index in [4.69, 9.17) is 18.9 Å². The highest BCUT2D eigenvalue weighted by atomic mass is 19.1. The van der Waals surface area contributed by atoms with Crippen LogP contribution in [0.1, 0.15) is 32.3 Å². The number of nitrogens with one attached hydrogen (secondary N) is 1. The Morgan fingerprint density at radius 1 is 0.972 bits per heavy atom. The minimum atomic E-state index is -1.76. The smallest absolute Gasteiger partial charge is 0.197 e. The van der Waals surface area contributed by atoms with Crippen molar-refractivity contribution in [2.45, 2.75) is 94.1 Å². The third-order valence-electron chi connectivity index (χ3n) is 6.60. The molecule has 2 aliphatic rings. The molecule has 12 heteroatoms. The predicted octanol–water partition coefficient (Wildman–Crippen LogP) is -1.25. The van der Waals surface area contributed by atoms with Gasteiger partial charge in [-0.15, -0.1) is 0 Å². The van der Waals surface area contributed by atoms with Crippen LogP contribution in [0.2, 0.25) is 0 Å². The molecule has 0 amide bonds. The lowest BCUT2D eigenvalue weighted by Crippen LogP contribution is -2.70. The zero-order chi connectivity index (χ0) is 26.5. The fraction of sp³-hybridized carbons (Fsp3) is 0.750. The molecule has 2 fully saturated rings. The minimum Gasteiger partial charge on any atom is -0.394 e. The molecule has 0 bridgehead atoms. The molecule has 2 heterocycles. The highest BCUT2D eigenvalue weighted by Gasteiger charge is 2.56. The van der Waals surface area contributed by atoms with Gasteiger partial charge in [0.05, 0.1) is 19.3 Å². The molecular weight excluding hydrogens is 481 g/mol. The maximum absolute atomic E-state index is 13.3. The Morgan fingerprint density at radius 2 is 1.61 bits per heavy atom. The van der Waals surface area contributed by atoms with Gasteiger partial charge in [0.15, 0.2) is 12.1 Å². The Kier molecular flexibility index (Phi) is 10.6. The van der Waals surface area contributed by atoms with E-state index in [1.807, 2.05) is 6.92 Å². The zero-order valence-electron chi connectivity index (χ0n) is 20.4. The summed E-state index contributed by atoms with van der Waals surface area (Å²) in [6.07, 6.45) is -9.26. The summed E-state index contributed by atoms with van der Waals surface area (Å²) in [5, 5.41) is 64.8. The SMILES string of the molecule is CCCCOC1C(O)[C@H](O)C(CO)O[C@]1(C)O[C@H]1OC(CO)[C@@H](O)C(O)C1NCc1ccc(F)cc1. The minimum absolute atomic E-state index is 0.149. The number of hydrogen-bond donors (Lipinski definition) is 7. The molecular formula is C24H38FNO10. The normalized spacial score (nSPS) is 39.3. The van der Waals surface area contributed by atoms with Crippen LogP contribution in [-0.4, -0.2) is 111 Å². The van der Waals surface area contributed by atoms with Crippen molar-refractivity contribution in [1.29, 1.82) is 0 Å². The first-order chi connectivity index (χ1) is 17.1. The molecule has 10 atom stereocenters. The molecule has 0 aliphatic carbocycles. The van der Waals surface area contributed by atoms with Crippen molar-refractivity contribution in [3.8, 4) is 0 Å². The maximum atomic E-state index is 13.3.